The molecular formula is C3H9NO2+. The van der Waals surface area contributed by atoms with Gasteiger partial charge in [0.25, 0.3) is 0 Å². The van der Waals surface area contributed by atoms with Gasteiger partial charge in [0.05, 0.1) is 0 Å². The largest absolute Gasteiger partial charge is 0.201 e. The maximum absolute atomic E-state index is 7.94. The van der Waals surface area contributed by atoms with Crippen LogP contribution in [0.25, 0.3) is 0 Å². The molecule has 0 rings (SSSR count). The van der Waals surface area contributed by atoms with Crippen molar-refractivity contribution in [3.63, 3.8) is 0 Å². The topological polar surface area (TPSA) is 46.4 Å². The molecule has 0 atom stereocenters. The second-order valence-corrected chi connectivity index (χ2v) is 1.10. The molecule has 6 heavy (non-hydrogen) atoms. The van der Waals surface area contributed by atoms with Gasteiger partial charge < -0.3 is 0 Å². The van der Waals surface area contributed by atoms with Crippen molar-refractivity contribution in [3.8, 4) is 0 Å². The molecule has 0 aliphatic carbocycles. The average molecular weight is 91.1 g/mol. The van der Waals surface area contributed by atoms with Gasteiger partial charge in [0.1, 0.15) is 0 Å². The van der Waals surface area contributed by atoms with Crippen LogP contribution in [-0.4, -0.2) is 17.0 Å². The van der Waals surface area contributed by atoms with Gasteiger partial charge in [-0.05, 0) is 0 Å². The Bertz CT molecular complexity index is 30.0. The van der Waals surface area contributed by atoms with E-state index in [9.17, 15) is 0 Å². The summed E-state index contributed by atoms with van der Waals surface area (Å²) in [5.74, 6) is 0. The number of hydroxylamine groups is 2. The number of hydrogen-bond acceptors (Lipinski definition) is 3. The van der Waals surface area contributed by atoms with Crippen molar-refractivity contribution in [2.45, 2.75) is 13.3 Å². The fourth-order valence-corrected chi connectivity index (χ4v) is 0.200. The molecule has 3 nitrogen and oxygen atoms in total. The Morgan fingerprint density at radius 1 is 1.50 bits per heavy atom. The standard InChI is InChI=1S/C3H9NO2/c1-2-3-4(5)6/h5-6H,2-3H2,1H3/q+1. The average Bonchev–Trinajstić information content (AvgIpc) is 1.35. The van der Waals surface area contributed by atoms with Gasteiger partial charge in [-0.1, -0.05) is 6.92 Å². The Balaban J connectivity index is 2.63. The maximum Gasteiger partial charge on any atom is 0.201 e. The Labute approximate surface area is 36.7 Å². The van der Waals surface area contributed by atoms with Gasteiger partial charge in [0.2, 0.25) is 6.54 Å². The molecule has 3 heteroatoms. The predicted octanol–water partition coefficient (Wildman–Crippen LogP) is 0.315. The minimum atomic E-state index is 0.181. The van der Waals surface area contributed by atoms with Crippen molar-refractivity contribution in [1.82, 2.24) is 5.23 Å². The Morgan fingerprint density at radius 2 is 2.00 bits per heavy atom. The summed E-state index contributed by atoms with van der Waals surface area (Å²) in [6, 6.07) is 0. The van der Waals surface area contributed by atoms with Gasteiger partial charge in [-0.3, -0.25) is 0 Å². The summed E-state index contributed by atoms with van der Waals surface area (Å²) in [6.45, 7) is 2.18. The van der Waals surface area contributed by atoms with Crippen molar-refractivity contribution in [2.24, 2.45) is 0 Å². The van der Waals surface area contributed by atoms with E-state index in [1.165, 1.54) is 0 Å². The zero-order chi connectivity index (χ0) is 4.99. The van der Waals surface area contributed by atoms with E-state index in [1.54, 1.807) is 0 Å². The molecule has 0 aromatic heterocycles. The third kappa shape index (κ3) is 3.88. The van der Waals surface area contributed by atoms with E-state index in [0.29, 0.717) is 6.54 Å². The second kappa shape index (κ2) is 3.08. The first kappa shape index (κ1) is 5.88. The molecule has 0 spiro atoms. The fourth-order valence-electron chi connectivity index (χ4n) is 0.200. The minimum Gasteiger partial charge on any atom is -0.124 e. The Hall–Kier alpha value is -0.120. The lowest BCUT2D eigenvalue weighted by atomic mass is 10.5. The summed E-state index contributed by atoms with van der Waals surface area (Å²) in [5, 5.41) is 16.1. The second-order valence-electron chi connectivity index (χ2n) is 1.10. The highest BCUT2D eigenvalue weighted by molar-refractivity contribution is 4.25. The molecule has 0 amide bonds. The smallest absolute Gasteiger partial charge is 0.124 e. The molecule has 0 unspecified atom stereocenters. The summed E-state index contributed by atoms with van der Waals surface area (Å²) in [4.78, 5) is 0. The number of rotatable bonds is 2. The SMILES string of the molecule is CCC[N+](O)O. The van der Waals surface area contributed by atoms with Gasteiger partial charge in [-0.25, -0.2) is 0 Å². The summed E-state index contributed by atoms with van der Waals surface area (Å²) < 4.78 is 0. The first-order valence-electron chi connectivity index (χ1n) is 1.92. The lowest BCUT2D eigenvalue weighted by Crippen LogP contribution is -2.20. The van der Waals surface area contributed by atoms with E-state index in [-0.39, 0.29) is 5.23 Å². The fraction of sp³-hybridized carbons (Fsp3) is 1.00. The predicted molar refractivity (Wildman–Crippen MR) is 20.9 cm³/mol. The minimum absolute atomic E-state index is 0.181. The Morgan fingerprint density at radius 3 is 2.00 bits per heavy atom. The van der Waals surface area contributed by atoms with E-state index in [2.05, 4.69) is 0 Å². The number of nitrogens with zero attached hydrogens (tertiary/aromatic N) is 1. The lowest BCUT2D eigenvalue weighted by molar-refractivity contribution is -0.204. The van der Waals surface area contributed by atoms with Crippen LogP contribution in [0.5, 0.6) is 0 Å². The third-order valence-corrected chi connectivity index (χ3v) is 0.424. The van der Waals surface area contributed by atoms with E-state index in [1.807, 2.05) is 6.92 Å². The highest BCUT2D eigenvalue weighted by Crippen LogP contribution is 1.71. The molecule has 0 aromatic carbocycles. The molecule has 0 aliphatic rings. The summed E-state index contributed by atoms with van der Waals surface area (Å²) >= 11 is 0. The van der Waals surface area contributed by atoms with Crippen LogP contribution < -0.4 is 5.23 Å². The van der Waals surface area contributed by atoms with Crippen LogP contribution in [0.15, 0.2) is 0 Å². The molecule has 0 heterocycles. The molecule has 1 radical (unpaired) electrons. The summed E-state index contributed by atoms with van der Waals surface area (Å²) in [5.41, 5.74) is 0. The first-order valence-corrected chi connectivity index (χ1v) is 1.92. The van der Waals surface area contributed by atoms with Crippen LogP contribution in [0.4, 0.5) is 0 Å². The van der Waals surface area contributed by atoms with Crippen LogP contribution in [-0.2, 0) is 0 Å². The molecule has 0 aromatic rings. The van der Waals surface area contributed by atoms with Crippen LogP contribution in [0.1, 0.15) is 13.3 Å². The zero-order valence-electron chi connectivity index (χ0n) is 3.76. The van der Waals surface area contributed by atoms with Gasteiger partial charge in [-0.15, -0.1) is 10.4 Å². The first-order chi connectivity index (χ1) is 2.77. The van der Waals surface area contributed by atoms with Crippen LogP contribution in [0.3, 0.4) is 0 Å². The highest BCUT2D eigenvalue weighted by atomic mass is 16.8. The molecule has 0 saturated heterocycles. The van der Waals surface area contributed by atoms with Gasteiger partial charge in [0.15, 0.2) is 5.23 Å². The summed E-state index contributed by atoms with van der Waals surface area (Å²) in [6.07, 6.45) is 0.757. The quantitative estimate of drug-likeness (QED) is 0.480. The van der Waals surface area contributed by atoms with E-state index in [0.717, 1.165) is 6.42 Å². The molecule has 0 bridgehead atoms. The van der Waals surface area contributed by atoms with Crippen molar-refractivity contribution in [2.75, 3.05) is 6.54 Å². The zero-order valence-corrected chi connectivity index (χ0v) is 3.76. The van der Waals surface area contributed by atoms with Gasteiger partial charge >= 0.3 is 0 Å². The Kier molecular flexibility index (Phi) is 3.02. The van der Waals surface area contributed by atoms with E-state index < -0.39 is 0 Å². The van der Waals surface area contributed by atoms with Gasteiger partial charge in [0, 0.05) is 6.42 Å². The van der Waals surface area contributed by atoms with Gasteiger partial charge in [-0.2, -0.15) is 0 Å². The monoisotopic (exact) mass is 91.1 g/mol. The third-order valence-electron chi connectivity index (χ3n) is 0.424. The molecule has 0 aliphatic heterocycles. The maximum atomic E-state index is 7.94. The molecule has 37 valence electrons. The van der Waals surface area contributed by atoms with E-state index in [4.69, 9.17) is 10.4 Å². The molecule has 0 fully saturated rings. The molecule has 0 saturated carbocycles. The molecular weight excluding hydrogens is 82.0 g/mol. The summed E-state index contributed by atoms with van der Waals surface area (Å²) in [7, 11) is 0. The van der Waals surface area contributed by atoms with Crippen molar-refractivity contribution in [3.05, 3.63) is 0 Å². The van der Waals surface area contributed by atoms with Crippen molar-refractivity contribution >= 4 is 0 Å². The van der Waals surface area contributed by atoms with E-state index >= 15 is 0 Å². The molecule has 2 N–H and O–H groups in total. The lowest BCUT2D eigenvalue weighted by Gasteiger charge is -1.83. The van der Waals surface area contributed by atoms with Crippen molar-refractivity contribution in [1.29, 1.82) is 0 Å². The van der Waals surface area contributed by atoms with Crippen molar-refractivity contribution < 1.29 is 10.4 Å². The normalized spacial score (nSPS) is 10.0. The highest BCUT2D eigenvalue weighted by Gasteiger charge is 1.99. The number of hydrogen-bond donors (Lipinski definition) is 2. The van der Waals surface area contributed by atoms with Crippen LogP contribution in [0.2, 0.25) is 0 Å². The van der Waals surface area contributed by atoms with Crippen LogP contribution >= 0.6 is 0 Å². The van der Waals surface area contributed by atoms with Crippen LogP contribution in [0, 0.1) is 0 Å².